The fourth-order valence-corrected chi connectivity index (χ4v) is 2.66. The zero-order valence-electron chi connectivity index (χ0n) is 10.8. The molecule has 1 aliphatic heterocycles. The standard InChI is InChI=1S/C14H12N2O3S/c1-8-13(20-14(15)16-8)10(17)4-2-9-3-5-11-12(6-9)19-7-18-11/h2-6H,7H2,1H3,(H2,15,16)/b4-2-. The Morgan fingerprint density at radius 1 is 1.40 bits per heavy atom. The van der Waals surface area contributed by atoms with Gasteiger partial charge >= 0.3 is 0 Å². The van der Waals surface area contributed by atoms with E-state index >= 15 is 0 Å². The van der Waals surface area contributed by atoms with Crippen molar-refractivity contribution >= 4 is 28.3 Å². The number of nitrogen functional groups attached to an aromatic ring is 1. The van der Waals surface area contributed by atoms with Crippen LogP contribution in [0.4, 0.5) is 5.13 Å². The largest absolute Gasteiger partial charge is 0.454 e. The van der Waals surface area contributed by atoms with Crippen LogP contribution in [0.2, 0.25) is 0 Å². The van der Waals surface area contributed by atoms with E-state index in [1.807, 2.05) is 18.2 Å². The third-order valence-corrected chi connectivity index (χ3v) is 3.86. The van der Waals surface area contributed by atoms with Crippen LogP contribution in [0.15, 0.2) is 24.3 Å². The molecule has 3 rings (SSSR count). The Labute approximate surface area is 119 Å². The second-order valence-electron chi connectivity index (χ2n) is 4.28. The molecule has 0 saturated carbocycles. The number of thiazole rings is 1. The number of allylic oxidation sites excluding steroid dienone is 1. The van der Waals surface area contributed by atoms with Crippen molar-refractivity contribution in [1.82, 2.24) is 4.98 Å². The molecule has 5 nitrogen and oxygen atoms in total. The van der Waals surface area contributed by atoms with E-state index in [-0.39, 0.29) is 12.6 Å². The number of rotatable bonds is 3. The zero-order chi connectivity index (χ0) is 14.1. The normalized spacial score (nSPS) is 13.1. The van der Waals surface area contributed by atoms with E-state index in [0.717, 1.165) is 11.3 Å². The first-order valence-electron chi connectivity index (χ1n) is 5.98. The number of anilines is 1. The second-order valence-corrected chi connectivity index (χ2v) is 5.31. The van der Waals surface area contributed by atoms with Gasteiger partial charge in [0.15, 0.2) is 22.4 Å². The average molecular weight is 288 g/mol. The lowest BCUT2D eigenvalue weighted by Crippen LogP contribution is -1.93. The van der Waals surface area contributed by atoms with Gasteiger partial charge in [0.05, 0.1) is 10.6 Å². The van der Waals surface area contributed by atoms with Gasteiger partial charge in [-0.3, -0.25) is 4.79 Å². The topological polar surface area (TPSA) is 74.4 Å². The lowest BCUT2D eigenvalue weighted by molar-refractivity contribution is 0.105. The van der Waals surface area contributed by atoms with Crippen LogP contribution >= 0.6 is 11.3 Å². The van der Waals surface area contributed by atoms with Crippen molar-refractivity contribution in [1.29, 1.82) is 0 Å². The van der Waals surface area contributed by atoms with Gasteiger partial charge in [0, 0.05) is 0 Å². The molecule has 0 spiro atoms. The van der Waals surface area contributed by atoms with Crippen LogP contribution in [0.3, 0.4) is 0 Å². The van der Waals surface area contributed by atoms with Crippen LogP contribution in [0, 0.1) is 6.92 Å². The van der Waals surface area contributed by atoms with Gasteiger partial charge in [0.25, 0.3) is 0 Å². The zero-order valence-corrected chi connectivity index (χ0v) is 11.6. The van der Waals surface area contributed by atoms with Gasteiger partial charge in [-0.2, -0.15) is 0 Å². The first-order valence-corrected chi connectivity index (χ1v) is 6.80. The molecular formula is C14H12N2O3S. The number of aryl methyl sites for hydroxylation is 1. The first kappa shape index (κ1) is 12.7. The molecule has 0 radical (unpaired) electrons. The number of carbonyl (C=O) groups excluding carboxylic acids is 1. The van der Waals surface area contributed by atoms with Gasteiger partial charge in [-0.25, -0.2) is 4.98 Å². The van der Waals surface area contributed by atoms with E-state index in [9.17, 15) is 4.79 Å². The van der Waals surface area contributed by atoms with Crippen LogP contribution in [0.1, 0.15) is 20.9 Å². The predicted octanol–water partition coefficient (Wildman–Crippen LogP) is 2.66. The smallest absolute Gasteiger partial charge is 0.231 e. The summed E-state index contributed by atoms with van der Waals surface area (Å²) in [6, 6.07) is 5.52. The molecule has 0 bridgehead atoms. The fraction of sp³-hybridized carbons (Fsp3) is 0.143. The fourth-order valence-electron chi connectivity index (χ4n) is 1.91. The van der Waals surface area contributed by atoms with Gasteiger partial charge < -0.3 is 15.2 Å². The minimum atomic E-state index is -0.102. The molecule has 0 fully saturated rings. The molecule has 2 heterocycles. The van der Waals surface area contributed by atoms with Crippen molar-refractivity contribution in [3.8, 4) is 11.5 Å². The summed E-state index contributed by atoms with van der Waals surface area (Å²) in [4.78, 5) is 16.7. The number of ether oxygens (including phenoxy) is 2. The van der Waals surface area contributed by atoms with Gasteiger partial charge in [0.1, 0.15) is 0 Å². The molecule has 0 saturated heterocycles. The predicted molar refractivity (Wildman–Crippen MR) is 77.2 cm³/mol. The lowest BCUT2D eigenvalue weighted by atomic mass is 10.1. The van der Waals surface area contributed by atoms with Crippen LogP contribution < -0.4 is 15.2 Å². The van der Waals surface area contributed by atoms with Crippen molar-refractivity contribution in [2.75, 3.05) is 12.5 Å². The number of nitrogens with two attached hydrogens (primary N) is 1. The molecule has 1 aromatic heterocycles. The van der Waals surface area contributed by atoms with Crippen LogP contribution in [-0.2, 0) is 0 Å². The van der Waals surface area contributed by atoms with E-state index in [2.05, 4.69) is 4.98 Å². The number of nitrogens with zero attached hydrogens (tertiary/aromatic N) is 1. The van der Waals surface area contributed by atoms with E-state index < -0.39 is 0 Å². The summed E-state index contributed by atoms with van der Waals surface area (Å²) >= 11 is 1.20. The second kappa shape index (κ2) is 4.97. The highest BCUT2D eigenvalue weighted by Gasteiger charge is 2.13. The molecule has 20 heavy (non-hydrogen) atoms. The molecule has 1 aromatic carbocycles. The van der Waals surface area contributed by atoms with Crippen LogP contribution in [0.5, 0.6) is 11.5 Å². The van der Waals surface area contributed by atoms with Gasteiger partial charge in [-0.1, -0.05) is 23.5 Å². The van der Waals surface area contributed by atoms with Crippen LogP contribution in [0.25, 0.3) is 6.08 Å². The minimum Gasteiger partial charge on any atom is -0.454 e. The lowest BCUT2D eigenvalue weighted by Gasteiger charge is -1.97. The average Bonchev–Trinajstić information content (AvgIpc) is 3.01. The van der Waals surface area contributed by atoms with E-state index in [0.29, 0.717) is 21.5 Å². The number of aromatic nitrogens is 1. The van der Waals surface area contributed by atoms with E-state index in [1.54, 1.807) is 13.0 Å². The maximum Gasteiger partial charge on any atom is 0.231 e. The summed E-state index contributed by atoms with van der Waals surface area (Å²) in [6.45, 7) is 2.01. The minimum absolute atomic E-state index is 0.102. The first-order chi connectivity index (χ1) is 9.63. The van der Waals surface area contributed by atoms with Gasteiger partial charge in [-0.15, -0.1) is 0 Å². The van der Waals surface area contributed by atoms with Crippen LogP contribution in [-0.4, -0.2) is 17.6 Å². The number of ketones is 1. The molecule has 0 atom stereocenters. The Kier molecular flexibility index (Phi) is 3.15. The van der Waals surface area contributed by atoms with Crippen molar-refractivity contribution in [3.05, 3.63) is 40.4 Å². The number of carbonyl (C=O) groups is 1. The highest BCUT2D eigenvalue weighted by Crippen LogP contribution is 2.32. The van der Waals surface area contributed by atoms with Crippen molar-refractivity contribution < 1.29 is 14.3 Å². The number of hydrogen-bond acceptors (Lipinski definition) is 6. The Bertz CT molecular complexity index is 706. The van der Waals surface area contributed by atoms with E-state index in [4.69, 9.17) is 15.2 Å². The summed E-state index contributed by atoms with van der Waals surface area (Å²) in [5.41, 5.74) is 7.12. The molecule has 2 N–H and O–H groups in total. The molecule has 2 aromatic rings. The quantitative estimate of drug-likeness (QED) is 0.694. The van der Waals surface area contributed by atoms with Crippen molar-refractivity contribution in [2.45, 2.75) is 6.92 Å². The van der Waals surface area contributed by atoms with Crippen molar-refractivity contribution in [3.63, 3.8) is 0 Å². The SMILES string of the molecule is Cc1nc(N)sc1C(=O)/C=C\c1ccc2c(c1)OCO2. The Morgan fingerprint density at radius 3 is 2.95 bits per heavy atom. The summed E-state index contributed by atoms with van der Waals surface area (Å²) in [5.74, 6) is 1.31. The Morgan fingerprint density at radius 2 is 2.20 bits per heavy atom. The molecular weight excluding hydrogens is 276 g/mol. The van der Waals surface area contributed by atoms with Gasteiger partial charge in [0.2, 0.25) is 6.79 Å². The monoisotopic (exact) mass is 288 g/mol. The molecule has 6 heteroatoms. The Hall–Kier alpha value is -2.34. The van der Waals surface area contributed by atoms with Crippen molar-refractivity contribution in [2.24, 2.45) is 0 Å². The molecule has 0 aliphatic carbocycles. The third kappa shape index (κ3) is 2.37. The Balaban J connectivity index is 1.80. The molecule has 1 aliphatic rings. The van der Waals surface area contributed by atoms with Gasteiger partial charge in [-0.05, 0) is 30.7 Å². The third-order valence-electron chi connectivity index (χ3n) is 2.86. The summed E-state index contributed by atoms with van der Waals surface area (Å²) < 4.78 is 10.5. The van der Waals surface area contributed by atoms with E-state index in [1.165, 1.54) is 17.4 Å². The number of hydrogen-bond donors (Lipinski definition) is 1. The highest BCUT2D eigenvalue weighted by molar-refractivity contribution is 7.17. The number of benzene rings is 1. The molecule has 0 amide bonds. The highest BCUT2D eigenvalue weighted by atomic mass is 32.1. The molecule has 102 valence electrons. The maximum absolute atomic E-state index is 12.1. The summed E-state index contributed by atoms with van der Waals surface area (Å²) in [5, 5.41) is 0.405. The summed E-state index contributed by atoms with van der Waals surface area (Å²) in [6.07, 6.45) is 3.25. The number of fused-ring (bicyclic) bond motifs is 1. The summed E-state index contributed by atoms with van der Waals surface area (Å²) in [7, 11) is 0. The maximum atomic E-state index is 12.1. The molecule has 0 unspecified atom stereocenters.